The van der Waals surface area contributed by atoms with Crippen LogP contribution in [0.3, 0.4) is 0 Å². The number of nitro benzene ring substituents is 1. The average molecular weight is 273 g/mol. The standard InChI is InChI=1S/C11H13ClN2O4/c1-3-13(2)11(15)7-18-10-6-8(12)4-5-9(10)14(16)17/h4-6H,3,7H2,1-2H3. The molecule has 98 valence electrons. The smallest absolute Gasteiger partial charge is 0.311 e. The number of carbonyl (C=O) groups is 1. The van der Waals surface area contributed by atoms with Crippen molar-refractivity contribution in [3.8, 4) is 5.75 Å². The van der Waals surface area contributed by atoms with E-state index in [9.17, 15) is 14.9 Å². The van der Waals surface area contributed by atoms with Crippen molar-refractivity contribution in [3.05, 3.63) is 33.3 Å². The van der Waals surface area contributed by atoms with Crippen LogP contribution < -0.4 is 4.74 Å². The van der Waals surface area contributed by atoms with Crippen LogP contribution in [0.5, 0.6) is 5.75 Å². The molecule has 0 bridgehead atoms. The van der Waals surface area contributed by atoms with Crippen molar-refractivity contribution in [3.63, 3.8) is 0 Å². The Morgan fingerprint density at radius 3 is 2.78 bits per heavy atom. The van der Waals surface area contributed by atoms with Crippen LogP contribution in [0.25, 0.3) is 0 Å². The first-order chi connectivity index (χ1) is 8.45. The summed E-state index contributed by atoms with van der Waals surface area (Å²) >= 11 is 5.73. The summed E-state index contributed by atoms with van der Waals surface area (Å²) in [4.78, 5) is 23.1. The van der Waals surface area contributed by atoms with Gasteiger partial charge in [-0.3, -0.25) is 14.9 Å². The summed E-state index contributed by atoms with van der Waals surface area (Å²) in [5, 5.41) is 11.1. The first kappa shape index (κ1) is 14.2. The largest absolute Gasteiger partial charge is 0.477 e. The van der Waals surface area contributed by atoms with E-state index in [1.165, 1.54) is 23.1 Å². The van der Waals surface area contributed by atoms with Gasteiger partial charge in [-0.15, -0.1) is 0 Å². The van der Waals surface area contributed by atoms with Crippen molar-refractivity contribution in [1.82, 2.24) is 4.90 Å². The Morgan fingerprint density at radius 1 is 1.56 bits per heavy atom. The molecule has 0 saturated carbocycles. The van der Waals surface area contributed by atoms with Crippen molar-refractivity contribution >= 4 is 23.2 Å². The second kappa shape index (κ2) is 6.20. The second-order valence-electron chi connectivity index (χ2n) is 3.57. The number of carbonyl (C=O) groups excluding carboxylic acids is 1. The van der Waals surface area contributed by atoms with E-state index >= 15 is 0 Å². The molecule has 0 fully saturated rings. The molecule has 0 radical (unpaired) electrons. The minimum atomic E-state index is -0.584. The molecule has 1 rings (SSSR count). The monoisotopic (exact) mass is 272 g/mol. The summed E-state index contributed by atoms with van der Waals surface area (Å²) in [6.07, 6.45) is 0. The number of halogens is 1. The van der Waals surface area contributed by atoms with Gasteiger partial charge in [-0.05, 0) is 13.0 Å². The highest BCUT2D eigenvalue weighted by molar-refractivity contribution is 6.30. The van der Waals surface area contributed by atoms with Crippen LogP contribution in [0.2, 0.25) is 5.02 Å². The lowest BCUT2D eigenvalue weighted by Crippen LogP contribution is -2.31. The Hall–Kier alpha value is -1.82. The van der Waals surface area contributed by atoms with Gasteiger partial charge in [-0.2, -0.15) is 0 Å². The lowest BCUT2D eigenvalue weighted by molar-refractivity contribution is -0.385. The molecule has 18 heavy (non-hydrogen) atoms. The SMILES string of the molecule is CCN(C)C(=O)COc1cc(Cl)ccc1[N+](=O)[O-]. The molecule has 0 aliphatic carbocycles. The van der Waals surface area contributed by atoms with Gasteiger partial charge in [0, 0.05) is 30.7 Å². The third kappa shape index (κ3) is 3.59. The van der Waals surface area contributed by atoms with Crippen LogP contribution in [0.15, 0.2) is 18.2 Å². The number of ether oxygens (including phenoxy) is 1. The van der Waals surface area contributed by atoms with E-state index in [2.05, 4.69) is 0 Å². The van der Waals surface area contributed by atoms with Gasteiger partial charge < -0.3 is 9.64 Å². The number of rotatable bonds is 5. The number of hydrogen-bond acceptors (Lipinski definition) is 4. The van der Waals surface area contributed by atoms with E-state index < -0.39 is 4.92 Å². The summed E-state index contributed by atoms with van der Waals surface area (Å²) in [6.45, 7) is 2.10. The molecule has 1 aromatic carbocycles. The predicted octanol–water partition coefficient (Wildman–Crippen LogP) is 2.11. The Labute approximate surface area is 109 Å². The zero-order chi connectivity index (χ0) is 13.7. The quantitative estimate of drug-likeness (QED) is 0.608. The van der Waals surface area contributed by atoms with Gasteiger partial charge in [0.2, 0.25) is 0 Å². The topological polar surface area (TPSA) is 72.7 Å². The van der Waals surface area contributed by atoms with Crippen LogP contribution in [-0.4, -0.2) is 35.9 Å². The van der Waals surface area contributed by atoms with Gasteiger partial charge in [-0.1, -0.05) is 11.6 Å². The van der Waals surface area contributed by atoms with E-state index in [1.807, 2.05) is 6.92 Å². The zero-order valence-corrected chi connectivity index (χ0v) is 10.8. The molecule has 0 N–H and O–H groups in total. The number of amides is 1. The maximum Gasteiger partial charge on any atom is 0.311 e. The van der Waals surface area contributed by atoms with Gasteiger partial charge in [0.05, 0.1) is 4.92 Å². The molecule has 1 amide bonds. The van der Waals surface area contributed by atoms with Crippen molar-refractivity contribution in [2.24, 2.45) is 0 Å². The highest BCUT2D eigenvalue weighted by atomic mass is 35.5. The molecule has 0 saturated heterocycles. The lowest BCUT2D eigenvalue weighted by Gasteiger charge is -2.14. The fraction of sp³-hybridized carbons (Fsp3) is 0.364. The average Bonchev–Trinajstić information content (AvgIpc) is 2.34. The van der Waals surface area contributed by atoms with Crippen molar-refractivity contribution in [2.45, 2.75) is 6.92 Å². The van der Waals surface area contributed by atoms with Crippen LogP contribution >= 0.6 is 11.6 Å². The van der Waals surface area contributed by atoms with Gasteiger partial charge >= 0.3 is 5.69 Å². The van der Waals surface area contributed by atoms with E-state index in [1.54, 1.807) is 7.05 Å². The third-order valence-electron chi connectivity index (χ3n) is 2.37. The molecule has 0 heterocycles. The number of nitro groups is 1. The fourth-order valence-corrected chi connectivity index (χ4v) is 1.34. The Bertz CT molecular complexity index is 464. The van der Waals surface area contributed by atoms with Crippen LogP contribution in [0.1, 0.15) is 6.92 Å². The summed E-state index contributed by atoms with van der Waals surface area (Å²) in [6, 6.07) is 3.96. The van der Waals surface area contributed by atoms with Gasteiger partial charge in [-0.25, -0.2) is 0 Å². The second-order valence-corrected chi connectivity index (χ2v) is 4.00. The maximum atomic E-state index is 11.5. The number of likely N-dealkylation sites (N-methyl/N-ethyl adjacent to an activating group) is 1. The zero-order valence-electron chi connectivity index (χ0n) is 10.1. The number of benzene rings is 1. The molecular formula is C11H13ClN2O4. The minimum absolute atomic E-state index is 0.00893. The molecule has 0 aromatic heterocycles. The molecule has 6 nitrogen and oxygen atoms in total. The first-order valence-electron chi connectivity index (χ1n) is 5.26. The van der Waals surface area contributed by atoms with Gasteiger partial charge in [0.15, 0.2) is 12.4 Å². The molecule has 0 unspecified atom stereocenters. The summed E-state index contributed by atoms with van der Waals surface area (Å²) in [7, 11) is 1.62. The minimum Gasteiger partial charge on any atom is -0.477 e. The molecule has 0 spiro atoms. The van der Waals surface area contributed by atoms with E-state index in [0.717, 1.165) is 0 Å². The Balaban J connectivity index is 2.81. The normalized spacial score (nSPS) is 9.94. The van der Waals surface area contributed by atoms with Crippen LogP contribution in [-0.2, 0) is 4.79 Å². The van der Waals surface area contributed by atoms with E-state index in [0.29, 0.717) is 11.6 Å². The highest BCUT2D eigenvalue weighted by Gasteiger charge is 2.17. The maximum absolute atomic E-state index is 11.5. The lowest BCUT2D eigenvalue weighted by atomic mass is 10.3. The van der Waals surface area contributed by atoms with Crippen molar-refractivity contribution in [2.75, 3.05) is 20.2 Å². The summed E-state index contributed by atoms with van der Waals surface area (Å²) < 4.78 is 5.15. The van der Waals surface area contributed by atoms with Gasteiger partial charge in [0.25, 0.3) is 5.91 Å². The molecule has 7 heteroatoms. The molecule has 0 aliphatic heterocycles. The van der Waals surface area contributed by atoms with Crippen molar-refractivity contribution in [1.29, 1.82) is 0 Å². The Morgan fingerprint density at radius 2 is 2.22 bits per heavy atom. The molecule has 0 atom stereocenters. The van der Waals surface area contributed by atoms with E-state index in [-0.39, 0.29) is 24.0 Å². The predicted molar refractivity (Wildman–Crippen MR) is 66.9 cm³/mol. The molecule has 1 aromatic rings. The van der Waals surface area contributed by atoms with Crippen LogP contribution in [0.4, 0.5) is 5.69 Å². The summed E-state index contributed by atoms with van der Waals surface area (Å²) in [5.74, 6) is -0.267. The van der Waals surface area contributed by atoms with Crippen LogP contribution in [0, 0.1) is 10.1 Å². The molecular weight excluding hydrogens is 260 g/mol. The van der Waals surface area contributed by atoms with Crippen molar-refractivity contribution < 1.29 is 14.5 Å². The van der Waals surface area contributed by atoms with E-state index in [4.69, 9.17) is 16.3 Å². The van der Waals surface area contributed by atoms with Gasteiger partial charge in [0.1, 0.15) is 0 Å². The highest BCUT2D eigenvalue weighted by Crippen LogP contribution is 2.29. The Kier molecular flexibility index (Phi) is 4.91. The fourth-order valence-electron chi connectivity index (χ4n) is 1.18. The molecule has 0 aliphatic rings. The first-order valence-corrected chi connectivity index (χ1v) is 5.64. The third-order valence-corrected chi connectivity index (χ3v) is 2.60. The number of nitrogens with zero attached hydrogens (tertiary/aromatic N) is 2. The number of hydrogen-bond donors (Lipinski definition) is 0. The summed E-state index contributed by atoms with van der Waals surface area (Å²) in [5.41, 5.74) is -0.216.